The quantitative estimate of drug-likeness (QED) is 0.714. The van der Waals surface area contributed by atoms with Crippen LogP contribution in [0.15, 0.2) is 0 Å². The van der Waals surface area contributed by atoms with E-state index in [9.17, 15) is 5.11 Å². The third-order valence-corrected chi connectivity index (χ3v) is 3.91. The molecule has 0 radical (unpaired) electrons. The van der Waals surface area contributed by atoms with Crippen molar-refractivity contribution >= 4 is 0 Å². The zero-order valence-electron chi connectivity index (χ0n) is 9.29. The number of hydrogen-bond acceptors (Lipinski definition) is 1. The van der Waals surface area contributed by atoms with Gasteiger partial charge in [0.05, 0.1) is 6.10 Å². The van der Waals surface area contributed by atoms with E-state index in [1.165, 1.54) is 25.7 Å². The van der Waals surface area contributed by atoms with Crippen molar-refractivity contribution in [3.63, 3.8) is 0 Å². The van der Waals surface area contributed by atoms with Crippen LogP contribution >= 0.6 is 0 Å². The van der Waals surface area contributed by atoms with Crippen molar-refractivity contribution in [2.75, 3.05) is 0 Å². The average Bonchev–Trinajstić information content (AvgIpc) is 2.13. The van der Waals surface area contributed by atoms with E-state index in [0.29, 0.717) is 5.92 Å². The molecule has 3 unspecified atom stereocenters. The van der Waals surface area contributed by atoms with Gasteiger partial charge in [0.1, 0.15) is 0 Å². The molecule has 0 aromatic heterocycles. The van der Waals surface area contributed by atoms with Gasteiger partial charge in [0.25, 0.3) is 0 Å². The standard InChI is InChI=1S/C12H24O/c1-4-10(5-2)11-7-6-9(3)12(13)8-11/h9-13H,4-8H2,1-3H3. The van der Waals surface area contributed by atoms with E-state index < -0.39 is 0 Å². The van der Waals surface area contributed by atoms with Crippen molar-refractivity contribution in [3.05, 3.63) is 0 Å². The molecule has 0 saturated heterocycles. The normalized spacial score (nSPS) is 35.3. The van der Waals surface area contributed by atoms with Gasteiger partial charge in [-0.3, -0.25) is 0 Å². The molecule has 1 heteroatoms. The van der Waals surface area contributed by atoms with Crippen LogP contribution in [-0.4, -0.2) is 11.2 Å². The van der Waals surface area contributed by atoms with Gasteiger partial charge in [-0.25, -0.2) is 0 Å². The first-order chi connectivity index (χ1) is 6.19. The van der Waals surface area contributed by atoms with Crippen LogP contribution < -0.4 is 0 Å². The molecule has 0 aliphatic heterocycles. The third-order valence-electron chi connectivity index (χ3n) is 3.91. The van der Waals surface area contributed by atoms with Crippen LogP contribution in [0.1, 0.15) is 52.9 Å². The lowest BCUT2D eigenvalue weighted by molar-refractivity contribution is 0.0348. The molecule has 1 aliphatic rings. The minimum atomic E-state index is -0.0284. The molecule has 1 N–H and O–H groups in total. The number of aliphatic hydroxyl groups is 1. The van der Waals surface area contributed by atoms with E-state index in [0.717, 1.165) is 18.3 Å². The summed E-state index contributed by atoms with van der Waals surface area (Å²) in [7, 11) is 0. The van der Waals surface area contributed by atoms with Crippen LogP contribution in [0, 0.1) is 17.8 Å². The maximum Gasteiger partial charge on any atom is 0.0568 e. The predicted octanol–water partition coefficient (Wildman–Crippen LogP) is 3.22. The SMILES string of the molecule is CCC(CC)C1CCC(C)C(O)C1. The summed E-state index contributed by atoms with van der Waals surface area (Å²) >= 11 is 0. The molecule has 1 saturated carbocycles. The fourth-order valence-electron chi connectivity index (χ4n) is 2.71. The van der Waals surface area contributed by atoms with Gasteiger partial charge in [-0.1, -0.05) is 33.6 Å². The first-order valence-electron chi connectivity index (χ1n) is 5.87. The molecule has 0 bridgehead atoms. The summed E-state index contributed by atoms with van der Waals surface area (Å²) in [5.74, 6) is 2.17. The van der Waals surface area contributed by atoms with Gasteiger partial charge in [-0.2, -0.15) is 0 Å². The Morgan fingerprint density at radius 3 is 2.31 bits per heavy atom. The molecule has 0 spiro atoms. The molecule has 1 rings (SSSR count). The van der Waals surface area contributed by atoms with E-state index in [4.69, 9.17) is 0 Å². The third kappa shape index (κ3) is 2.70. The molecule has 1 nitrogen and oxygen atoms in total. The van der Waals surface area contributed by atoms with Crippen LogP contribution in [-0.2, 0) is 0 Å². The zero-order valence-corrected chi connectivity index (χ0v) is 9.29. The van der Waals surface area contributed by atoms with E-state index in [1.807, 2.05) is 0 Å². The Labute approximate surface area is 82.5 Å². The van der Waals surface area contributed by atoms with Crippen molar-refractivity contribution < 1.29 is 5.11 Å². The Morgan fingerprint density at radius 2 is 1.85 bits per heavy atom. The van der Waals surface area contributed by atoms with E-state index >= 15 is 0 Å². The summed E-state index contributed by atoms with van der Waals surface area (Å²) in [6.45, 7) is 6.73. The highest BCUT2D eigenvalue weighted by molar-refractivity contribution is 4.80. The first-order valence-corrected chi connectivity index (χ1v) is 5.87. The Hall–Kier alpha value is -0.0400. The lowest BCUT2D eigenvalue weighted by atomic mass is 9.73. The number of aliphatic hydroxyl groups excluding tert-OH is 1. The topological polar surface area (TPSA) is 20.2 Å². The minimum Gasteiger partial charge on any atom is -0.393 e. The molecule has 0 heterocycles. The van der Waals surface area contributed by atoms with Gasteiger partial charge in [0, 0.05) is 0 Å². The molecular formula is C12H24O. The van der Waals surface area contributed by atoms with E-state index in [2.05, 4.69) is 20.8 Å². The monoisotopic (exact) mass is 184 g/mol. The van der Waals surface area contributed by atoms with Gasteiger partial charge in [0.15, 0.2) is 0 Å². The van der Waals surface area contributed by atoms with Crippen LogP contribution in [0.25, 0.3) is 0 Å². The van der Waals surface area contributed by atoms with Crippen LogP contribution in [0.2, 0.25) is 0 Å². The summed E-state index contributed by atoms with van der Waals surface area (Å²) in [6.07, 6.45) is 6.14. The summed E-state index contributed by atoms with van der Waals surface area (Å²) < 4.78 is 0. The van der Waals surface area contributed by atoms with Gasteiger partial charge in [0.2, 0.25) is 0 Å². The highest BCUT2D eigenvalue weighted by atomic mass is 16.3. The maximum atomic E-state index is 9.79. The lowest BCUT2D eigenvalue weighted by Crippen LogP contribution is -2.30. The Kier molecular flexibility index (Phi) is 4.24. The molecule has 78 valence electrons. The number of rotatable bonds is 3. The second-order valence-electron chi connectivity index (χ2n) is 4.69. The Bertz CT molecular complexity index is 140. The van der Waals surface area contributed by atoms with Crippen molar-refractivity contribution in [1.29, 1.82) is 0 Å². The molecule has 1 aliphatic carbocycles. The second-order valence-corrected chi connectivity index (χ2v) is 4.69. The largest absolute Gasteiger partial charge is 0.393 e. The lowest BCUT2D eigenvalue weighted by Gasteiger charge is -2.35. The zero-order chi connectivity index (χ0) is 9.84. The highest BCUT2D eigenvalue weighted by Gasteiger charge is 2.29. The predicted molar refractivity (Wildman–Crippen MR) is 56.6 cm³/mol. The Balaban J connectivity index is 2.44. The highest BCUT2D eigenvalue weighted by Crippen LogP contribution is 2.35. The van der Waals surface area contributed by atoms with Crippen molar-refractivity contribution in [1.82, 2.24) is 0 Å². The van der Waals surface area contributed by atoms with Crippen LogP contribution in [0.4, 0.5) is 0 Å². The van der Waals surface area contributed by atoms with Crippen LogP contribution in [0.3, 0.4) is 0 Å². The molecule has 0 aromatic carbocycles. The molecular weight excluding hydrogens is 160 g/mol. The maximum absolute atomic E-state index is 9.79. The summed E-state index contributed by atoms with van der Waals surface area (Å²) in [4.78, 5) is 0. The average molecular weight is 184 g/mol. The van der Waals surface area contributed by atoms with Crippen molar-refractivity contribution in [2.45, 2.75) is 59.0 Å². The van der Waals surface area contributed by atoms with Crippen LogP contribution in [0.5, 0.6) is 0 Å². The van der Waals surface area contributed by atoms with Gasteiger partial charge in [-0.05, 0) is 37.0 Å². The number of hydrogen-bond donors (Lipinski definition) is 1. The van der Waals surface area contributed by atoms with Gasteiger partial charge >= 0.3 is 0 Å². The van der Waals surface area contributed by atoms with Gasteiger partial charge < -0.3 is 5.11 Å². The first kappa shape index (κ1) is 11.0. The molecule has 13 heavy (non-hydrogen) atoms. The Morgan fingerprint density at radius 1 is 1.23 bits per heavy atom. The molecule has 0 aromatic rings. The fraction of sp³-hybridized carbons (Fsp3) is 1.00. The van der Waals surface area contributed by atoms with Crippen molar-refractivity contribution in [2.24, 2.45) is 17.8 Å². The van der Waals surface area contributed by atoms with Gasteiger partial charge in [-0.15, -0.1) is 0 Å². The molecule has 3 atom stereocenters. The fourth-order valence-corrected chi connectivity index (χ4v) is 2.71. The minimum absolute atomic E-state index is 0.0284. The van der Waals surface area contributed by atoms with E-state index in [1.54, 1.807) is 0 Å². The molecule has 0 amide bonds. The van der Waals surface area contributed by atoms with E-state index in [-0.39, 0.29) is 6.10 Å². The smallest absolute Gasteiger partial charge is 0.0568 e. The summed E-state index contributed by atoms with van der Waals surface area (Å²) in [5, 5.41) is 9.79. The molecule has 1 fully saturated rings. The second kappa shape index (κ2) is 4.99. The van der Waals surface area contributed by atoms with Crippen molar-refractivity contribution in [3.8, 4) is 0 Å². The summed E-state index contributed by atoms with van der Waals surface area (Å²) in [6, 6.07) is 0. The summed E-state index contributed by atoms with van der Waals surface area (Å²) in [5.41, 5.74) is 0.